The van der Waals surface area contributed by atoms with E-state index in [1.807, 2.05) is 42.5 Å². The van der Waals surface area contributed by atoms with E-state index in [1.165, 1.54) is 0 Å². The number of carboxylic acids is 1. The van der Waals surface area contributed by atoms with Crippen LogP contribution in [-0.4, -0.2) is 23.3 Å². The van der Waals surface area contributed by atoms with Crippen LogP contribution in [0.1, 0.15) is 12.5 Å². The summed E-state index contributed by atoms with van der Waals surface area (Å²) in [7, 11) is 0. The molecule has 2 aromatic carbocycles. The summed E-state index contributed by atoms with van der Waals surface area (Å²) in [4.78, 5) is 14.6. The summed E-state index contributed by atoms with van der Waals surface area (Å²) in [6.07, 6.45) is 1.60. The number of aliphatic imine (C=N–C) groups is 1. The molecule has 1 atom stereocenters. The summed E-state index contributed by atoms with van der Waals surface area (Å²) in [5.74, 6) is -0.915. The summed E-state index contributed by atoms with van der Waals surface area (Å²) in [6.45, 7) is 1.56. The molecular weight excluding hydrogens is 214 g/mol. The van der Waals surface area contributed by atoms with Crippen molar-refractivity contribution in [3.8, 4) is 0 Å². The molecule has 0 fully saturated rings. The lowest BCUT2D eigenvalue weighted by Crippen LogP contribution is -2.13. The molecule has 3 nitrogen and oxygen atoms in total. The fourth-order valence-electron chi connectivity index (χ4n) is 1.55. The molecule has 2 rings (SSSR count). The molecule has 0 amide bonds. The van der Waals surface area contributed by atoms with Crippen molar-refractivity contribution < 1.29 is 9.90 Å². The quantitative estimate of drug-likeness (QED) is 0.819. The molecule has 0 aromatic heterocycles. The second-order valence-corrected chi connectivity index (χ2v) is 3.90. The highest BCUT2D eigenvalue weighted by molar-refractivity contribution is 5.91. The molecule has 3 heteroatoms. The van der Waals surface area contributed by atoms with Gasteiger partial charge in [0.05, 0.1) is 0 Å². The number of hydrogen-bond donors (Lipinski definition) is 1. The van der Waals surface area contributed by atoms with E-state index in [9.17, 15) is 4.79 Å². The van der Waals surface area contributed by atoms with Crippen LogP contribution in [0.2, 0.25) is 0 Å². The van der Waals surface area contributed by atoms with Gasteiger partial charge in [0.25, 0.3) is 0 Å². The molecule has 0 aliphatic heterocycles. The monoisotopic (exact) mass is 227 g/mol. The van der Waals surface area contributed by atoms with Crippen molar-refractivity contribution in [2.45, 2.75) is 13.0 Å². The largest absolute Gasteiger partial charge is 0.480 e. The number of carbonyl (C=O) groups is 1. The van der Waals surface area contributed by atoms with Crippen LogP contribution < -0.4 is 0 Å². The van der Waals surface area contributed by atoms with Gasteiger partial charge < -0.3 is 5.11 Å². The maximum Gasteiger partial charge on any atom is 0.328 e. The van der Waals surface area contributed by atoms with E-state index in [-0.39, 0.29) is 0 Å². The van der Waals surface area contributed by atoms with E-state index >= 15 is 0 Å². The van der Waals surface area contributed by atoms with Gasteiger partial charge in [-0.05, 0) is 29.3 Å². The van der Waals surface area contributed by atoms with Crippen molar-refractivity contribution in [3.63, 3.8) is 0 Å². The van der Waals surface area contributed by atoms with Crippen molar-refractivity contribution in [2.75, 3.05) is 0 Å². The van der Waals surface area contributed by atoms with Gasteiger partial charge in [-0.15, -0.1) is 0 Å². The van der Waals surface area contributed by atoms with Crippen LogP contribution in [0, 0.1) is 0 Å². The predicted molar refractivity (Wildman–Crippen MR) is 68.6 cm³/mol. The van der Waals surface area contributed by atoms with Gasteiger partial charge in [0, 0.05) is 6.21 Å². The molecule has 0 aliphatic carbocycles. The van der Waals surface area contributed by atoms with E-state index in [0.717, 1.165) is 16.3 Å². The second-order valence-electron chi connectivity index (χ2n) is 3.90. The summed E-state index contributed by atoms with van der Waals surface area (Å²) >= 11 is 0. The molecule has 0 heterocycles. The highest BCUT2D eigenvalue weighted by atomic mass is 16.4. The Balaban J connectivity index is 2.28. The number of carboxylic acid groups (broad SMARTS) is 1. The molecule has 1 N–H and O–H groups in total. The predicted octanol–water partition coefficient (Wildman–Crippen LogP) is 2.73. The summed E-state index contributed by atoms with van der Waals surface area (Å²) in [5, 5.41) is 11.0. The SMILES string of the molecule is C[C@H](N=Cc1ccc2ccccc2c1)C(=O)O. The Labute approximate surface area is 99.4 Å². The summed E-state index contributed by atoms with van der Waals surface area (Å²) in [5.41, 5.74) is 0.914. The van der Waals surface area contributed by atoms with Crippen molar-refractivity contribution in [2.24, 2.45) is 4.99 Å². The van der Waals surface area contributed by atoms with Gasteiger partial charge in [0.2, 0.25) is 0 Å². The number of aliphatic carboxylic acids is 1. The van der Waals surface area contributed by atoms with Crippen LogP contribution >= 0.6 is 0 Å². The number of hydrogen-bond acceptors (Lipinski definition) is 2. The highest BCUT2D eigenvalue weighted by Crippen LogP contribution is 2.14. The fourth-order valence-corrected chi connectivity index (χ4v) is 1.55. The molecular formula is C14H13NO2. The second kappa shape index (κ2) is 4.78. The maximum absolute atomic E-state index is 10.6. The first kappa shape index (κ1) is 11.3. The van der Waals surface area contributed by atoms with Gasteiger partial charge in [-0.1, -0.05) is 36.4 Å². The minimum atomic E-state index is -0.915. The van der Waals surface area contributed by atoms with E-state index in [1.54, 1.807) is 13.1 Å². The number of rotatable bonds is 3. The highest BCUT2D eigenvalue weighted by Gasteiger charge is 2.06. The third kappa shape index (κ3) is 2.69. The first-order chi connectivity index (χ1) is 8.16. The lowest BCUT2D eigenvalue weighted by atomic mass is 10.1. The first-order valence-corrected chi connectivity index (χ1v) is 5.41. The fraction of sp³-hybridized carbons (Fsp3) is 0.143. The van der Waals surface area contributed by atoms with Crippen molar-refractivity contribution >= 4 is 23.0 Å². The zero-order valence-electron chi connectivity index (χ0n) is 9.50. The van der Waals surface area contributed by atoms with Gasteiger partial charge in [-0.3, -0.25) is 4.99 Å². The van der Waals surface area contributed by atoms with Crippen LogP contribution in [0.15, 0.2) is 47.5 Å². The molecule has 86 valence electrons. The van der Waals surface area contributed by atoms with Crippen LogP contribution in [-0.2, 0) is 4.79 Å². The Hall–Kier alpha value is -2.16. The molecule has 2 aromatic rings. The topological polar surface area (TPSA) is 49.7 Å². The lowest BCUT2D eigenvalue weighted by Gasteiger charge is -2.00. The van der Waals surface area contributed by atoms with Gasteiger partial charge in [0.15, 0.2) is 0 Å². The average Bonchev–Trinajstić information content (AvgIpc) is 2.35. The minimum Gasteiger partial charge on any atom is -0.480 e. The van der Waals surface area contributed by atoms with Gasteiger partial charge >= 0.3 is 5.97 Å². The lowest BCUT2D eigenvalue weighted by molar-refractivity contribution is -0.137. The Morgan fingerprint density at radius 2 is 1.94 bits per heavy atom. The third-order valence-electron chi connectivity index (χ3n) is 2.58. The number of benzene rings is 2. The van der Waals surface area contributed by atoms with Crippen molar-refractivity contribution in [1.82, 2.24) is 0 Å². The molecule has 0 spiro atoms. The van der Waals surface area contributed by atoms with E-state index in [2.05, 4.69) is 4.99 Å². The van der Waals surface area contributed by atoms with E-state index < -0.39 is 12.0 Å². The Morgan fingerprint density at radius 1 is 1.24 bits per heavy atom. The summed E-state index contributed by atoms with van der Waals surface area (Å²) < 4.78 is 0. The smallest absolute Gasteiger partial charge is 0.328 e. The minimum absolute atomic E-state index is 0.707. The molecule has 0 unspecified atom stereocenters. The zero-order chi connectivity index (χ0) is 12.3. The number of nitrogens with zero attached hydrogens (tertiary/aromatic N) is 1. The molecule has 0 bridgehead atoms. The Kier molecular flexibility index (Phi) is 3.19. The van der Waals surface area contributed by atoms with E-state index in [4.69, 9.17) is 5.11 Å². The molecule has 0 saturated carbocycles. The third-order valence-corrected chi connectivity index (χ3v) is 2.58. The van der Waals surface area contributed by atoms with Crippen LogP contribution in [0.5, 0.6) is 0 Å². The molecule has 0 radical (unpaired) electrons. The summed E-state index contributed by atoms with van der Waals surface area (Å²) in [6, 6.07) is 13.2. The van der Waals surface area contributed by atoms with Crippen LogP contribution in [0.4, 0.5) is 0 Å². The van der Waals surface area contributed by atoms with Gasteiger partial charge in [0.1, 0.15) is 6.04 Å². The van der Waals surface area contributed by atoms with Crippen molar-refractivity contribution in [1.29, 1.82) is 0 Å². The molecule has 0 saturated heterocycles. The Bertz CT molecular complexity index is 575. The Morgan fingerprint density at radius 3 is 2.65 bits per heavy atom. The van der Waals surface area contributed by atoms with Crippen molar-refractivity contribution in [3.05, 3.63) is 48.0 Å². The van der Waals surface area contributed by atoms with Gasteiger partial charge in [-0.25, -0.2) is 4.79 Å². The zero-order valence-corrected chi connectivity index (χ0v) is 9.50. The number of fused-ring (bicyclic) bond motifs is 1. The molecule has 17 heavy (non-hydrogen) atoms. The van der Waals surface area contributed by atoms with Crippen LogP contribution in [0.25, 0.3) is 10.8 Å². The van der Waals surface area contributed by atoms with Crippen LogP contribution in [0.3, 0.4) is 0 Å². The molecule has 0 aliphatic rings. The average molecular weight is 227 g/mol. The normalized spacial score (nSPS) is 13.0. The van der Waals surface area contributed by atoms with E-state index in [0.29, 0.717) is 0 Å². The standard InChI is InChI=1S/C14H13NO2/c1-10(14(16)17)15-9-11-6-7-12-4-2-3-5-13(12)8-11/h2-10H,1H3,(H,16,17)/t10-/m0/s1. The maximum atomic E-state index is 10.6. The van der Waals surface area contributed by atoms with Gasteiger partial charge in [-0.2, -0.15) is 0 Å². The first-order valence-electron chi connectivity index (χ1n) is 5.41.